The van der Waals surface area contributed by atoms with Crippen LogP contribution in [0, 0.1) is 0 Å². The molecule has 0 radical (unpaired) electrons. The quantitative estimate of drug-likeness (QED) is 0.196. The molecule has 1 aromatic heterocycles. The molecule has 0 aliphatic rings. The lowest BCUT2D eigenvalue weighted by molar-refractivity contribution is -0.141. The third-order valence-electron chi connectivity index (χ3n) is 5.23. The third-order valence-corrected chi connectivity index (χ3v) is 9.11. The SMILES string of the molecule is FC(F)(F)c1cc(-c2ccc(Cl)c(Cl)c2Cl)c(-c2ccc(Cl)c(Cl)c2Cl)c(-c2ccc(Cl)c(Cl)c2Cl)n1. The zero-order chi connectivity index (χ0) is 27.4. The fourth-order valence-corrected chi connectivity index (χ4v) is 5.42. The Balaban J connectivity index is 2.27. The molecule has 0 fully saturated rings. The summed E-state index contributed by atoms with van der Waals surface area (Å²) in [6.07, 6.45) is -4.87. The average molecular weight is 685 g/mol. The van der Waals surface area contributed by atoms with E-state index < -0.39 is 11.9 Å². The van der Waals surface area contributed by atoms with E-state index in [9.17, 15) is 13.2 Å². The lowest BCUT2D eigenvalue weighted by Gasteiger charge is -2.21. The highest BCUT2D eigenvalue weighted by Gasteiger charge is 2.36. The normalized spacial score (nSPS) is 11.8. The van der Waals surface area contributed by atoms with Gasteiger partial charge in [0.25, 0.3) is 0 Å². The van der Waals surface area contributed by atoms with Gasteiger partial charge in [-0.2, -0.15) is 13.2 Å². The molecule has 0 unspecified atom stereocenters. The molecule has 0 aliphatic carbocycles. The molecule has 0 saturated heterocycles. The van der Waals surface area contributed by atoms with Gasteiger partial charge < -0.3 is 0 Å². The van der Waals surface area contributed by atoms with Crippen molar-refractivity contribution in [3.05, 3.63) is 93.4 Å². The van der Waals surface area contributed by atoms with Gasteiger partial charge in [0, 0.05) is 22.3 Å². The summed E-state index contributed by atoms with van der Waals surface area (Å²) >= 11 is 56.5. The number of pyridine rings is 1. The smallest absolute Gasteiger partial charge is 0.243 e. The van der Waals surface area contributed by atoms with Gasteiger partial charge in [0.1, 0.15) is 5.69 Å². The molecule has 37 heavy (non-hydrogen) atoms. The van der Waals surface area contributed by atoms with Gasteiger partial charge in [-0.25, -0.2) is 4.98 Å². The number of halogens is 12. The monoisotopic (exact) mass is 681 g/mol. The van der Waals surface area contributed by atoms with Crippen LogP contribution in [0.15, 0.2) is 42.5 Å². The minimum Gasteiger partial charge on any atom is -0.243 e. The van der Waals surface area contributed by atoms with Crippen LogP contribution in [-0.4, -0.2) is 4.98 Å². The van der Waals surface area contributed by atoms with Crippen LogP contribution in [0.5, 0.6) is 0 Å². The van der Waals surface area contributed by atoms with E-state index in [4.69, 9.17) is 104 Å². The zero-order valence-corrected chi connectivity index (χ0v) is 24.3. The Morgan fingerprint density at radius 3 is 1.38 bits per heavy atom. The first-order valence-corrected chi connectivity index (χ1v) is 13.2. The minimum atomic E-state index is -4.87. The molecule has 0 aliphatic heterocycles. The summed E-state index contributed by atoms with van der Waals surface area (Å²) in [5.41, 5.74) is -1.08. The molecule has 192 valence electrons. The van der Waals surface area contributed by atoms with E-state index in [1.54, 1.807) is 0 Å². The molecule has 4 rings (SSSR count). The molecule has 13 heteroatoms. The Labute approximate surface area is 253 Å². The van der Waals surface area contributed by atoms with E-state index in [0.717, 1.165) is 6.07 Å². The number of rotatable bonds is 3. The summed E-state index contributed by atoms with van der Waals surface area (Å²) < 4.78 is 42.3. The molecule has 1 nitrogen and oxygen atoms in total. The number of nitrogens with zero attached hydrogens (tertiary/aromatic N) is 1. The highest BCUT2D eigenvalue weighted by atomic mass is 35.5. The van der Waals surface area contributed by atoms with E-state index in [0.29, 0.717) is 0 Å². The number of benzene rings is 3. The van der Waals surface area contributed by atoms with Gasteiger partial charge in [0.15, 0.2) is 0 Å². The van der Waals surface area contributed by atoms with Crippen LogP contribution < -0.4 is 0 Å². The highest BCUT2D eigenvalue weighted by Crippen LogP contribution is 2.51. The van der Waals surface area contributed by atoms with Crippen molar-refractivity contribution in [2.24, 2.45) is 0 Å². The molecule has 3 aromatic carbocycles. The van der Waals surface area contributed by atoms with E-state index in [1.165, 1.54) is 36.4 Å². The van der Waals surface area contributed by atoms with Crippen molar-refractivity contribution in [1.82, 2.24) is 4.98 Å². The second-order valence-electron chi connectivity index (χ2n) is 7.45. The zero-order valence-electron chi connectivity index (χ0n) is 17.5. The van der Waals surface area contributed by atoms with Crippen LogP contribution in [-0.2, 0) is 6.18 Å². The number of alkyl halides is 3. The second kappa shape index (κ2) is 11.0. The Bertz CT molecular complexity index is 1490. The fourth-order valence-electron chi connectivity index (χ4n) is 3.53. The van der Waals surface area contributed by atoms with Crippen molar-refractivity contribution < 1.29 is 13.2 Å². The largest absolute Gasteiger partial charge is 0.433 e. The van der Waals surface area contributed by atoms with Crippen LogP contribution in [0.2, 0.25) is 45.2 Å². The Kier molecular flexibility index (Phi) is 8.68. The van der Waals surface area contributed by atoms with Gasteiger partial charge in [-0.3, -0.25) is 0 Å². The molecule has 0 atom stereocenters. The van der Waals surface area contributed by atoms with Gasteiger partial charge >= 0.3 is 6.18 Å². The molecule has 4 aromatic rings. The van der Waals surface area contributed by atoms with Gasteiger partial charge in [-0.1, -0.05) is 117 Å². The molecule has 0 bridgehead atoms. The Hall–Kier alpha value is -0.790. The fraction of sp³-hybridized carbons (Fsp3) is 0.0417. The van der Waals surface area contributed by atoms with Crippen molar-refractivity contribution in [3.63, 3.8) is 0 Å². The van der Waals surface area contributed by atoms with E-state index >= 15 is 0 Å². The van der Waals surface area contributed by atoms with Gasteiger partial charge in [0.2, 0.25) is 0 Å². The van der Waals surface area contributed by atoms with E-state index in [-0.39, 0.29) is 78.7 Å². The Morgan fingerprint density at radius 1 is 0.486 bits per heavy atom. The summed E-state index contributed by atoms with van der Waals surface area (Å²) in [5, 5.41) is -0.151. The predicted molar refractivity (Wildman–Crippen MR) is 151 cm³/mol. The van der Waals surface area contributed by atoms with Crippen LogP contribution in [0.25, 0.3) is 33.5 Å². The topological polar surface area (TPSA) is 12.9 Å². The number of hydrogen-bond donors (Lipinski definition) is 0. The summed E-state index contributed by atoms with van der Waals surface area (Å²) in [5.74, 6) is 0. The predicted octanol–water partition coefficient (Wildman–Crippen LogP) is 13.0. The summed E-state index contributed by atoms with van der Waals surface area (Å²) in [6, 6.07) is 9.29. The van der Waals surface area contributed by atoms with Crippen LogP contribution in [0.3, 0.4) is 0 Å². The standard InChI is InChI=1S/C24H7Cl9F3N/c25-12-4-1-8(17(28)20(12)31)11-7-15(24(34,35)36)37-23(10-3-6-14(27)22(33)19(10)30)16(11)9-2-5-13(26)21(32)18(9)29/h1-7H. The lowest BCUT2D eigenvalue weighted by atomic mass is 9.90. The van der Waals surface area contributed by atoms with Crippen molar-refractivity contribution in [3.8, 4) is 33.5 Å². The summed E-state index contributed by atoms with van der Waals surface area (Å²) in [4.78, 5) is 3.92. The lowest BCUT2D eigenvalue weighted by Crippen LogP contribution is -2.10. The maximum absolute atomic E-state index is 14.1. The first kappa shape index (κ1) is 29.2. The van der Waals surface area contributed by atoms with Gasteiger partial charge in [-0.05, 0) is 35.9 Å². The minimum absolute atomic E-state index is 0.0295. The van der Waals surface area contributed by atoms with Crippen molar-refractivity contribution in [1.29, 1.82) is 0 Å². The molecule has 0 amide bonds. The first-order valence-electron chi connectivity index (χ1n) is 9.77. The van der Waals surface area contributed by atoms with E-state index in [1.807, 2.05) is 0 Å². The molecule has 1 heterocycles. The maximum Gasteiger partial charge on any atom is 0.433 e. The summed E-state index contributed by atoms with van der Waals surface area (Å²) in [7, 11) is 0. The van der Waals surface area contributed by atoms with Crippen LogP contribution >= 0.6 is 104 Å². The number of aromatic nitrogens is 1. The van der Waals surface area contributed by atoms with Gasteiger partial charge in [0.05, 0.1) is 50.9 Å². The highest BCUT2D eigenvalue weighted by molar-refractivity contribution is 6.51. The molecule has 0 saturated carbocycles. The average Bonchev–Trinajstić information content (AvgIpc) is 2.84. The van der Waals surface area contributed by atoms with E-state index in [2.05, 4.69) is 4.98 Å². The first-order chi connectivity index (χ1) is 17.2. The molecule has 0 N–H and O–H groups in total. The van der Waals surface area contributed by atoms with Crippen molar-refractivity contribution in [2.75, 3.05) is 0 Å². The van der Waals surface area contributed by atoms with Crippen molar-refractivity contribution in [2.45, 2.75) is 6.18 Å². The molecule has 0 spiro atoms. The third kappa shape index (κ3) is 5.48. The van der Waals surface area contributed by atoms with Crippen molar-refractivity contribution >= 4 is 104 Å². The van der Waals surface area contributed by atoms with Crippen LogP contribution in [0.4, 0.5) is 13.2 Å². The molecular weight excluding hydrogens is 678 g/mol. The Morgan fingerprint density at radius 2 is 0.892 bits per heavy atom. The summed E-state index contributed by atoms with van der Waals surface area (Å²) in [6.45, 7) is 0. The maximum atomic E-state index is 14.1. The molecular formula is C24H7Cl9F3N. The van der Waals surface area contributed by atoms with Crippen LogP contribution in [0.1, 0.15) is 5.69 Å². The number of hydrogen-bond acceptors (Lipinski definition) is 1. The second-order valence-corrected chi connectivity index (χ2v) is 10.9. The van der Waals surface area contributed by atoms with Gasteiger partial charge in [-0.15, -0.1) is 0 Å².